The zero-order valence-electron chi connectivity index (χ0n) is 22.2. The Balaban J connectivity index is 1.53. The molecule has 0 saturated heterocycles. The Morgan fingerprint density at radius 1 is 0.690 bits per heavy atom. The first-order valence-corrected chi connectivity index (χ1v) is 13.1. The van der Waals surface area contributed by atoms with Crippen LogP contribution in [0.2, 0.25) is 0 Å². The molecule has 0 bridgehead atoms. The number of fused-ring (bicyclic) bond motifs is 3. The van der Waals surface area contributed by atoms with Crippen LogP contribution in [0.5, 0.6) is 51.7 Å². The number of rotatable bonds is 4. The van der Waals surface area contributed by atoms with E-state index in [2.05, 4.69) is 0 Å². The quantitative estimate of drug-likeness (QED) is 0.166. The zero-order chi connectivity index (χ0) is 29.9. The van der Waals surface area contributed by atoms with Gasteiger partial charge >= 0.3 is 0 Å². The number of ether oxygens (including phenoxy) is 3. The Hall–Kier alpha value is -5.00. The van der Waals surface area contributed by atoms with Gasteiger partial charge in [0.15, 0.2) is 29.1 Å². The van der Waals surface area contributed by atoms with Crippen molar-refractivity contribution < 1.29 is 55.1 Å². The Bertz CT molecular complexity index is 1680. The zero-order valence-corrected chi connectivity index (χ0v) is 22.2. The van der Waals surface area contributed by atoms with Crippen molar-refractivity contribution in [1.29, 1.82) is 0 Å². The Morgan fingerprint density at radius 3 is 2.10 bits per heavy atom. The van der Waals surface area contributed by atoms with Crippen LogP contribution in [0, 0.1) is 0 Å². The fourth-order valence-electron chi connectivity index (χ4n) is 5.77. The molecule has 6 rings (SSSR count). The van der Waals surface area contributed by atoms with Crippen LogP contribution < -0.4 is 14.2 Å². The first-order valence-electron chi connectivity index (χ1n) is 13.1. The molecule has 2 aliphatic heterocycles. The fourth-order valence-corrected chi connectivity index (χ4v) is 5.77. The van der Waals surface area contributed by atoms with E-state index in [1.807, 2.05) is 0 Å². The summed E-state index contributed by atoms with van der Waals surface area (Å²) in [4.78, 5) is 0. The molecule has 0 spiro atoms. The number of phenols is 6. The van der Waals surface area contributed by atoms with E-state index in [1.165, 1.54) is 55.6 Å². The van der Waals surface area contributed by atoms with Gasteiger partial charge in [0.25, 0.3) is 0 Å². The van der Waals surface area contributed by atoms with Gasteiger partial charge in [0.2, 0.25) is 0 Å². The highest BCUT2D eigenvalue weighted by molar-refractivity contribution is 5.64. The molecule has 2 aliphatic rings. The van der Waals surface area contributed by atoms with Gasteiger partial charge in [-0.3, -0.25) is 0 Å². The van der Waals surface area contributed by atoms with Crippen molar-refractivity contribution in [3.8, 4) is 51.7 Å². The van der Waals surface area contributed by atoms with Gasteiger partial charge in [0.05, 0.1) is 13.2 Å². The second-order valence-electron chi connectivity index (χ2n) is 10.4. The van der Waals surface area contributed by atoms with Gasteiger partial charge in [-0.2, -0.15) is 0 Å². The SMILES string of the molecule is COc1ccc([C@H]2Oc3c(c(O)cc4c3[C@@H](c3ccc(O)cc3O)[C@H](O)[C@H](c3ccc(O)c(O)c3)O4)C[C@@H]2O)cc1O. The molecule has 218 valence electrons. The molecule has 0 amide bonds. The van der Waals surface area contributed by atoms with E-state index in [0.29, 0.717) is 11.1 Å². The fraction of sp³-hybridized carbons (Fsp3) is 0.226. The minimum atomic E-state index is -1.41. The van der Waals surface area contributed by atoms with Crippen molar-refractivity contribution in [3.63, 3.8) is 0 Å². The molecule has 8 N–H and O–H groups in total. The van der Waals surface area contributed by atoms with E-state index in [-0.39, 0.29) is 69.1 Å². The van der Waals surface area contributed by atoms with E-state index in [0.717, 1.165) is 6.07 Å². The van der Waals surface area contributed by atoms with Gasteiger partial charge in [-0.25, -0.2) is 0 Å². The summed E-state index contributed by atoms with van der Waals surface area (Å²) in [5.41, 5.74) is 1.44. The number of hydrogen-bond acceptors (Lipinski definition) is 11. The Labute approximate surface area is 239 Å². The van der Waals surface area contributed by atoms with Gasteiger partial charge in [0, 0.05) is 41.2 Å². The minimum absolute atomic E-state index is 0.0501. The third-order valence-electron chi connectivity index (χ3n) is 7.79. The summed E-state index contributed by atoms with van der Waals surface area (Å²) in [6, 6.07) is 13.7. The van der Waals surface area contributed by atoms with Crippen LogP contribution >= 0.6 is 0 Å². The number of hydrogen-bond donors (Lipinski definition) is 8. The van der Waals surface area contributed by atoms with E-state index >= 15 is 0 Å². The number of aliphatic hydroxyl groups excluding tert-OH is 2. The molecule has 11 heteroatoms. The first kappa shape index (κ1) is 27.2. The molecule has 0 fully saturated rings. The van der Waals surface area contributed by atoms with Crippen molar-refractivity contribution in [3.05, 3.63) is 88.5 Å². The number of aliphatic hydroxyl groups is 2. The average molecular weight is 577 g/mol. The summed E-state index contributed by atoms with van der Waals surface area (Å²) >= 11 is 0. The van der Waals surface area contributed by atoms with E-state index < -0.39 is 36.1 Å². The predicted molar refractivity (Wildman–Crippen MR) is 147 cm³/mol. The second-order valence-corrected chi connectivity index (χ2v) is 10.4. The van der Waals surface area contributed by atoms with Crippen LogP contribution in [0.1, 0.15) is 45.9 Å². The van der Waals surface area contributed by atoms with Crippen molar-refractivity contribution >= 4 is 0 Å². The maximum absolute atomic E-state index is 11.8. The smallest absolute Gasteiger partial charge is 0.160 e. The lowest BCUT2D eigenvalue weighted by atomic mass is 9.77. The molecule has 4 aromatic rings. The topological polar surface area (TPSA) is 190 Å². The molecule has 0 radical (unpaired) electrons. The standard InChI is InChI=1S/C31H28O11/c1-40-24-7-3-13(9-22(24)37)29-23(38)11-17-20(35)12-25-27(31(17)42-29)26(16-5-4-15(32)10-19(16)34)28(39)30(41-25)14-2-6-18(33)21(36)8-14/h2-10,12,23,26,28-30,32-39H,11H2,1H3/t23-,26+,28-,29+,30-/m0/s1. The van der Waals surface area contributed by atoms with Crippen LogP contribution in [0.4, 0.5) is 0 Å². The van der Waals surface area contributed by atoms with Crippen LogP contribution in [-0.2, 0) is 6.42 Å². The Morgan fingerprint density at radius 2 is 1.40 bits per heavy atom. The van der Waals surface area contributed by atoms with Crippen molar-refractivity contribution in [2.75, 3.05) is 7.11 Å². The van der Waals surface area contributed by atoms with Crippen LogP contribution in [-0.4, -0.2) is 60.2 Å². The summed E-state index contributed by atoms with van der Waals surface area (Å²) < 4.78 is 17.6. The number of phenolic OH excluding ortho intramolecular Hbond substituents is 6. The monoisotopic (exact) mass is 576 g/mol. The molecule has 0 aromatic heterocycles. The van der Waals surface area contributed by atoms with E-state index in [1.54, 1.807) is 6.07 Å². The maximum Gasteiger partial charge on any atom is 0.160 e. The molecule has 5 atom stereocenters. The van der Waals surface area contributed by atoms with Crippen molar-refractivity contribution in [2.45, 2.75) is 36.8 Å². The van der Waals surface area contributed by atoms with Gasteiger partial charge < -0.3 is 55.1 Å². The molecular weight excluding hydrogens is 548 g/mol. The van der Waals surface area contributed by atoms with Crippen molar-refractivity contribution in [1.82, 2.24) is 0 Å². The molecule has 0 aliphatic carbocycles. The highest BCUT2D eigenvalue weighted by Gasteiger charge is 2.46. The van der Waals surface area contributed by atoms with Gasteiger partial charge in [0.1, 0.15) is 41.0 Å². The second kappa shape index (κ2) is 10.1. The molecule has 2 heterocycles. The highest BCUT2D eigenvalue weighted by atomic mass is 16.5. The summed E-state index contributed by atoms with van der Waals surface area (Å²) in [5.74, 6) is -2.36. The van der Waals surface area contributed by atoms with Gasteiger partial charge in [-0.05, 0) is 41.5 Å². The lowest BCUT2D eigenvalue weighted by Gasteiger charge is -2.41. The van der Waals surface area contributed by atoms with Crippen LogP contribution in [0.15, 0.2) is 60.7 Å². The third kappa shape index (κ3) is 4.39. The number of benzene rings is 4. The molecule has 0 saturated carbocycles. The first-order chi connectivity index (χ1) is 20.1. The number of aromatic hydroxyl groups is 6. The molecule has 0 unspecified atom stereocenters. The third-order valence-corrected chi connectivity index (χ3v) is 7.79. The van der Waals surface area contributed by atoms with E-state index in [9.17, 15) is 40.9 Å². The van der Waals surface area contributed by atoms with Crippen LogP contribution in [0.25, 0.3) is 0 Å². The summed E-state index contributed by atoms with van der Waals surface area (Å²) in [5, 5.41) is 84.9. The highest BCUT2D eigenvalue weighted by Crippen LogP contribution is 2.56. The minimum Gasteiger partial charge on any atom is -0.508 e. The lowest BCUT2D eigenvalue weighted by molar-refractivity contribution is -0.00244. The largest absolute Gasteiger partial charge is 0.508 e. The van der Waals surface area contributed by atoms with Crippen molar-refractivity contribution in [2.24, 2.45) is 0 Å². The summed E-state index contributed by atoms with van der Waals surface area (Å²) in [6.07, 6.45) is -4.73. The molecule has 42 heavy (non-hydrogen) atoms. The van der Waals surface area contributed by atoms with Gasteiger partial charge in [-0.1, -0.05) is 18.2 Å². The average Bonchev–Trinajstić information content (AvgIpc) is 2.95. The number of methoxy groups -OCH3 is 1. The summed E-state index contributed by atoms with van der Waals surface area (Å²) in [7, 11) is 1.41. The summed E-state index contributed by atoms with van der Waals surface area (Å²) in [6.45, 7) is 0. The predicted octanol–water partition coefficient (Wildman–Crippen LogP) is 3.59. The van der Waals surface area contributed by atoms with E-state index in [4.69, 9.17) is 14.2 Å². The lowest BCUT2D eigenvalue weighted by Crippen LogP contribution is -2.37. The Kier molecular flexibility index (Phi) is 6.55. The normalized spacial score (nSPS) is 22.8. The maximum atomic E-state index is 11.8. The van der Waals surface area contributed by atoms with Crippen LogP contribution in [0.3, 0.4) is 0 Å². The molecule has 4 aromatic carbocycles. The molecular formula is C31H28O11. The molecule has 11 nitrogen and oxygen atoms in total. The van der Waals surface area contributed by atoms with Gasteiger partial charge in [-0.15, -0.1) is 0 Å².